The third-order valence-electron chi connectivity index (χ3n) is 3.36. The molecule has 1 unspecified atom stereocenters. The van der Waals surface area contributed by atoms with E-state index < -0.39 is 0 Å². The summed E-state index contributed by atoms with van der Waals surface area (Å²) in [4.78, 5) is 2.36. The van der Waals surface area contributed by atoms with Gasteiger partial charge in [0.1, 0.15) is 0 Å². The van der Waals surface area contributed by atoms with Gasteiger partial charge in [-0.1, -0.05) is 44.5 Å². The lowest BCUT2D eigenvalue weighted by atomic mass is 10.1. The molecule has 1 aromatic rings. The van der Waals surface area contributed by atoms with Crippen molar-refractivity contribution >= 4 is 0 Å². The third-order valence-corrected chi connectivity index (χ3v) is 3.36. The summed E-state index contributed by atoms with van der Waals surface area (Å²) in [6.45, 7) is 7.29. The molecular weight excluding hydrogens is 208 g/mol. The van der Waals surface area contributed by atoms with Crippen LogP contribution in [0.3, 0.4) is 0 Å². The monoisotopic (exact) mass is 234 g/mol. The molecular formula is C15H26N2. The number of nitrogens with two attached hydrogens (primary N) is 1. The smallest absolute Gasteiger partial charge is 0.0230 e. The van der Waals surface area contributed by atoms with Gasteiger partial charge in [-0.05, 0) is 37.1 Å². The maximum atomic E-state index is 5.74. The predicted octanol–water partition coefficient (Wildman–Crippen LogP) is 2.67. The fourth-order valence-electron chi connectivity index (χ4n) is 2.07. The fourth-order valence-corrected chi connectivity index (χ4v) is 2.07. The van der Waals surface area contributed by atoms with Crippen molar-refractivity contribution in [2.75, 3.05) is 20.1 Å². The van der Waals surface area contributed by atoms with Crippen LogP contribution in [0.1, 0.15) is 31.4 Å². The summed E-state index contributed by atoms with van der Waals surface area (Å²) in [5, 5.41) is 0. The first-order valence-corrected chi connectivity index (χ1v) is 6.66. The van der Waals surface area contributed by atoms with Gasteiger partial charge in [0, 0.05) is 13.1 Å². The molecule has 2 N–H and O–H groups in total. The number of benzene rings is 1. The molecule has 0 aliphatic heterocycles. The molecule has 0 saturated heterocycles. The van der Waals surface area contributed by atoms with Crippen LogP contribution < -0.4 is 5.73 Å². The van der Waals surface area contributed by atoms with E-state index in [1.807, 2.05) is 0 Å². The minimum absolute atomic E-state index is 0.620. The molecule has 1 aromatic carbocycles. The number of rotatable bonds is 7. The van der Waals surface area contributed by atoms with Gasteiger partial charge in [-0.3, -0.25) is 0 Å². The summed E-state index contributed by atoms with van der Waals surface area (Å²) < 4.78 is 0. The van der Waals surface area contributed by atoms with Crippen LogP contribution in [0.5, 0.6) is 0 Å². The van der Waals surface area contributed by atoms with Crippen molar-refractivity contribution < 1.29 is 0 Å². The Balaban J connectivity index is 2.46. The zero-order valence-electron chi connectivity index (χ0n) is 11.4. The van der Waals surface area contributed by atoms with Crippen molar-refractivity contribution in [3.63, 3.8) is 0 Å². The van der Waals surface area contributed by atoms with Crippen molar-refractivity contribution in [1.29, 1.82) is 0 Å². The van der Waals surface area contributed by atoms with Crippen molar-refractivity contribution in [3.05, 3.63) is 35.4 Å². The third kappa shape index (κ3) is 4.88. The van der Waals surface area contributed by atoms with Crippen LogP contribution in [0.2, 0.25) is 0 Å². The van der Waals surface area contributed by atoms with Gasteiger partial charge in [0.05, 0.1) is 0 Å². The zero-order chi connectivity index (χ0) is 12.7. The largest absolute Gasteiger partial charge is 0.330 e. The highest BCUT2D eigenvalue weighted by molar-refractivity contribution is 5.22. The highest BCUT2D eigenvalue weighted by atomic mass is 15.1. The van der Waals surface area contributed by atoms with Crippen molar-refractivity contribution in [2.24, 2.45) is 11.7 Å². The van der Waals surface area contributed by atoms with Crippen LogP contribution in [-0.4, -0.2) is 25.0 Å². The maximum Gasteiger partial charge on any atom is 0.0230 e. The molecule has 0 aliphatic rings. The van der Waals surface area contributed by atoms with E-state index in [9.17, 15) is 0 Å². The summed E-state index contributed by atoms with van der Waals surface area (Å²) in [5.74, 6) is 0.620. The van der Waals surface area contributed by atoms with E-state index >= 15 is 0 Å². The van der Waals surface area contributed by atoms with E-state index in [1.54, 1.807) is 0 Å². The van der Waals surface area contributed by atoms with E-state index in [0.717, 1.165) is 32.5 Å². The quantitative estimate of drug-likeness (QED) is 0.786. The lowest BCUT2D eigenvalue weighted by molar-refractivity contribution is 0.268. The van der Waals surface area contributed by atoms with E-state index in [2.05, 4.69) is 50.1 Å². The molecule has 1 atom stereocenters. The summed E-state index contributed by atoms with van der Waals surface area (Å²) in [5.41, 5.74) is 8.53. The molecule has 0 heterocycles. The average molecular weight is 234 g/mol. The number of nitrogens with zero attached hydrogens (tertiary/aromatic N) is 1. The Morgan fingerprint density at radius 2 is 1.71 bits per heavy atom. The first-order chi connectivity index (χ1) is 8.19. The first kappa shape index (κ1) is 14.2. The SMILES string of the molecule is CCc1ccc(CN(C)CC(CC)CN)cc1. The Morgan fingerprint density at radius 3 is 2.18 bits per heavy atom. The van der Waals surface area contributed by atoms with Crippen LogP contribution in [0.25, 0.3) is 0 Å². The van der Waals surface area contributed by atoms with Crippen molar-refractivity contribution in [1.82, 2.24) is 4.90 Å². The average Bonchev–Trinajstić information content (AvgIpc) is 2.37. The molecule has 0 fully saturated rings. The maximum absolute atomic E-state index is 5.74. The molecule has 96 valence electrons. The van der Waals surface area contributed by atoms with Gasteiger partial charge in [0.25, 0.3) is 0 Å². The normalized spacial score (nSPS) is 13.0. The lowest BCUT2D eigenvalue weighted by Gasteiger charge is -2.22. The Labute approximate surface area is 106 Å². The molecule has 2 heteroatoms. The van der Waals surface area contributed by atoms with Gasteiger partial charge in [-0.25, -0.2) is 0 Å². The second-order valence-electron chi connectivity index (χ2n) is 4.88. The molecule has 0 spiro atoms. The van der Waals surface area contributed by atoms with Crippen LogP contribution in [0, 0.1) is 5.92 Å². The molecule has 0 aliphatic carbocycles. The Bertz CT molecular complexity index is 301. The Morgan fingerprint density at radius 1 is 1.12 bits per heavy atom. The van der Waals surface area contributed by atoms with Crippen molar-refractivity contribution in [2.45, 2.75) is 33.2 Å². The van der Waals surface area contributed by atoms with Crippen LogP contribution >= 0.6 is 0 Å². The minimum Gasteiger partial charge on any atom is -0.330 e. The van der Waals surface area contributed by atoms with Gasteiger partial charge in [-0.15, -0.1) is 0 Å². The van der Waals surface area contributed by atoms with E-state index in [1.165, 1.54) is 11.1 Å². The molecule has 0 saturated carbocycles. The Kier molecular flexibility index (Phi) is 6.23. The summed E-state index contributed by atoms with van der Waals surface area (Å²) in [6.07, 6.45) is 2.27. The highest BCUT2D eigenvalue weighted by Gasteiger charge is 2.08. The number of hydrogen-bond donors (Lipinski definition) is 1. The minimum atomic E-state index is 0.620. The van der Waals surface area contributed by atoms with E-state index in [0.29, 0.717) is 5.92 Å². The van der Waals surface area contributed by atoms with Gasteiger partial charge in [0.2, 0.25) is 0 Å². The summed E-state index contributed by atoms with van der Waals surface area (Å²) >= 11 is 0. The van der Waals surface area contributed by atoms with Gasteiger partial charge >= 0.3 is 0 Å². The predicted molar refractivity (Wildman–Crippen MR) is 75.0 cm³/mol. The second kappa shape index (κ2) is 7.46. The van der Waals surface area contributed by atoms with Crippen LogP contribution in [0.15, 0.2) is 24.3 Å². The van der Waals surface area contributed by atoms with E-state index in [-0.39, 0.29) is 0 Å². The molecule has 2 nitrogen and oxygen atoms in total. The zero-order valence-corrected chi connectivity index (χ0v) is 11.4. The van der Waals surface area contributed by atoms with Crippen LogP contribution in [0.4, 0.5) is 0 Å². The standard InChI is InChI=1S/C15H26N2/c1-4-13-6-8-15(9-7-13)12-17(3)11-14(5-2)10-16/h6-9,14H,4-5,10-12,16H2,1-3H3. The molecule has 0 radical (unpaired) electrons. The Hall–Kier alpha value is -0.860. The highest BCUT2D eigenvalue weighted by Crippen LogP contribution is 2.09. The molecule has 17 heavy (non-hydrogen) atoms. The van der Waals surface area contributed by atoms with Gasteiger partial charge in [-0.2, -0.15) is 0 Å². The molecule has 0 bridgehead atoms. The van der Waals surface area contributed by atoms with Gasteiger partial charge < -0.3 is 10.6 Å². The second-order valence-corrected chi connectivity index (χ2v) is 4.88. The summed E-state index contributed by atoms with van der Waals surface area (Å²) in [7, 11) is 2.17. The van der Waals surface area contributed by atoms with Crippen LogP contribution in [-0.2, 0) is 13.0 Å². The lowest BCUT2D eigenvalue weighted by Crippen LogP contribution is -2.29. The van der Waals surface area contributed by atoms with Crippen molar-refractivity contribution in [3.8, 4) is 0 Å². The number of aryl methyl sites for hydroxylation is 1. The molecule has 0 amide bonds. The molecule has 0 aromatic heterocycles. The molecule has 1 rings (SSSR count). The number of hydrogen-bond acceptors (Lipinski definition) is 2. The van der Waals surface area contributed by atoms with E-state index in [4.69, 9.17) is 5.73 Å². The first-order valence-electron chi connectivity index (χ1n) is 6.66. The fraction of sp³-hybridized carbons (Fsp3) is 0.600. The summed E-state index contributed by atoms with van der Waals surface area (Å²) in [6, 6.07) is 8.92. The van der Waals surface area contributed by atoms with Gasteiger partial charge in [0.15, 0.2) is 0 Å². The topological polar surface area (TPSA) is 29.3 Å².